The van der Waals surface area contributed by atoms with Crippen LogP contribution < -0.4 is 0 Å². The third kappa shape index (κ3) is 51.8. The van der Waals surface area contributed by atoms with Crippen molar-refractivity contribution in [1.29, 1.82) is 0 Å². The summed E-state index contributed by atoms with van der Waals surface area (Å²) in [6, 6.07) is 0. The first-order valence-corrected chi connectivity index (χ1v) is 33.0. The van der Waals surface area contributed by atoms with Gasteiger partial charge in [0.25, 0.3) is 0 Å². The number of rotatable bonds is 2. The molecule has 6 atom stereocenters. The average molecular weight is 1020 g/mol. The molecular weight excluding hydrogens is 889 g/mol. The molecular formula is C66H132O6. The van der Waals surface area contributed by atoms with Crippen LogP contribution in [0.15, 0.2) is 0 Å². The Balaban J connectivity index is 2.22. The van der Waals surface area contributed by atoms with Gasteiger partial charge in [-0.25, -0.2) is 0 Å². The third-order valence-corrected chi connectivity index (χ3v) is 16.7. The van der Waals surface area contributed by atoms with Crippen molar-refractivity contribution in [3.05, 3.63) is 0 Å². The highest BCUT2D eigenvalue weighted by atomic mass is 16.5. The number of aliphatic hydroxyl groups is 2. The van der Waals surface area contributed by atoms with Crippen LogP contribution in [0.4, 0.5) is 0 Å². The lowest BCUT2D eigenvalue weighted by molar-refractivity contribution is -0.0437. The van der Waals surface area contributed by atoms with E-state index in [1.165, 1.54) is 283 Å². The molecule has 72 heavy (non-hydrogen) atoms. The lowest BCUT2D eigenvalue weighted by Crippen LogP contribution is -2.24. The molecule has 432 valence electrons. The van der Waals surface area contributed by atoms with Crippen LogP contribution >= 0.6 is 0 Å². The van der Waals surface area contributed by atoms with E-state index in [-0.39, 0.29) is 25.4 Å². The largest absolute Gasteiger partial charge is 0.394 e. The van der Waals surface area contributed by atoms with E-state index in [9.17, 15) is 10.2 Å². The van der Waals surface area contributed by atoms with E-state index in [0.29, 0.717) is 13.2 Å². The second kappa shape index (κ2) is 56.9. The Labute approximate surface area is 451 Å². The van der Waals surface area contributed by atoms with Gasteiger partial charge < -0.3 is 29.2 Å². The van der Waals surface area contributed by atoms with Gasteiger partial charge in [0.15, 0.2) is 0 Å². The molecule has 1 aliphatic rings. The molecule has 0 unspecified atom stereocenters. The van der Waals surface area contributed by atoms with Crippen LogP contribution in [0.25, 0.3) is 0 Å². The summed E-state index contributed by atoms with van der Waals surface area (Å²) in [5.41, 5.74) is 0. The molecule has 0 aromatic heterocycles. The Kier molecular flexibility index (Phi) is 55.2. The molecule has 0 aromatic carbocycles. The normalized spacial score (nSPS) is 28.9. The van der Waals surface area contributed by atoms with Crippen molar-refractivity contribution in [1.82, 2.24) is 0 Å². The monoisotopic (exact) mass is 1020 g/mol. The highest BCUT2D eigenvalue weighted by Gasteiger charge is 2.11. The molecule has 6 nitrogen and oxygen atoms in total. The third-order valence-electron chi connectivity index (χ3n) is 16.7. The van der Waals surface area contributed by atoms with E-state index in [0.717, 1.165) is 75.8 Å². The smallest absolute Gasteiger partial charge is 0.104 e. The second-order valence-electron chi connectivity index (χ2n) is 24.4. The van der Waals surface area contributed by atoms with Crippen LogP contribution in [0.2, 0.25) is 0 Å². The van der Waals surface area contributed by atoms with Gasteiger partial charge in [-0.05, 0) is 49.4 Å². The summed E-state index contributed by atoms with van der Waals surface area (Å²) in [6.07, 6.45) is 64.9. The number of aliphatic hydroxyl groups excluding tert-OH is 2. The van der Waals surface area contributed by atoms with Crippen LogP contribution in [0, 0.1) is 23.7 Å². The molecule has 2 N–H and O–H groups in total. The van der Waals surface area contributed by atoms with Gasteiger partial charge in [0, 0.05) is 26.4 Å². The van der Waals surface area contributed by atoms with Gasteiger partial charge >= 0.3 is 0 Å². The number of hydrogen-bond acceptors (Lipinski definition) is 6. The summed E-state index contributed by atoms with van der Waals surface area (Å²) in [5.74, 6) is 3.56. The summed E-state index contributed by atoms with van der Waals surface area (Å²) < 4.78 is 23.7. The molecule has 6 heteroatoms. The van der Waals surface area contributed by atoms with Crippen molar-refractivity contribution >= 4 is 0 Å². The minimum absolute atomic E-state index is 0.0588. The summed E-state index contributed by atoms with van der Waals surface area (Å²) in [6.45, 7) is 14.2. The first-order chi connectivity index (χ1) is 35.4. The van der Waals surface area contributed by atoms with Crippen LogP contribution in [0.5, 0.6) is 0 Å². The van der Waals surface area contributed by atoms with Crippen LogP contribution in [0.1, 0.15) is 336 Å². The fourth-order valence-corrected chi connectivity index (χ4v) is 11.2. The predicted molar refractivity (Wildman–Crippen MR) is 314 cm³/mol. The van der Waals surface area contributed by atoms with Gasteiger partial charge in [-0.2, -0.15) is 0 Å². The lowest BCUT2D eigenvalue weighted by Gasteiger charge is -2.16. The van der Waals surface area contributed by atoms with Gasteiger partial charge in [0.2, 0.25) is 0 Å². The molecule has 0 saturated carbocycles. The SMILES string of the molecule is C[C@H]1CCCCCCCCCCCCOC[C@@H](CO)OCCCCCCCCCCCC[C@H](C)CC[C@@H](C)CCCCCCCCCCCCOC[C@@H](CO)OCCCCCCCCCCCC[C@H](C)CC1. The maximum atomic E-state index is 9.78. The Bertz CT molecular complexity index is 932. The molecule has 1 fully saturated rings. The minimum Gasteiger partial charge on any atom is -0.394 e. The Morgan fingerprint density at radius 2 is 0.417 bits per heavy atom. The first-order valence-electron chi connectivity index (χ1n) is 33.0. The minimum atomic E-state index is -0.168. The Hall–Kier alpha value is -0.240. The van der Waals surface area contributed by atoms with Crippen LogP contribution in [-0.4, -0.2) is 75.3 Å². The van der Waals surface area contributed by atoms with Crippen LogP contribution in [-0.2, 0) is 18.9 Å². The van der Waals surface area contributed by atoms with Gasteiger partial charge in [-0.1, -0.05) is 310 Å². The van der Waals surface area contributed by atoms with Crippen LogP contribution in [0.3, 0.4) is 0 Å². The fourth-order valence-electron chi connectivity index (χ4n) is 11.2. The van der Waals surface area contributed by atoms with Gasteiger partial charge in [-0.3, -0.25) is 0 Å². The van der Waals surface area contributed by atoms with Crippen molar-refractivity contribution in [3.8, 4) is 0 Å². The molecule has 0 bridgehead atoms. The van der Waals surface area contributed by atoms with E-state index in [1.807, 2.05) is 0 Å². The molecule has 0 radical (unpaired) electrons. The zero-order valence-corrected chi connectivity index (χ0v) is 49.6. The topological polar surface area (TPSA) is 77.4 Å². The van der Waals surface area contributed by atoms with Crippen molar-refractivity contribution in [3.63, 3.8) is 0 Å². The number of ether oxygens (including phenoxy) is 4. The van der Waals surface area contributed by atoms with Gasteiger partial charge in [0.05, 0.1) is 26.4 Å². The predicted octanol–water partition coefficient (Wildman–Crippen LogP) is 20.1. The highest BCUT2D eigenvalue weighted by Crippen LogP contribution is 2.25. The van der Waals surface area contributed by atoms with Crippen molar-refractivity contribution in [2.75, 3.05) is 52.9 Å². The Morgan fingerprint density at radius 1 is 0.236 bits per heavy atom. The lowest BCUT2D eigenvalue weighted by atomic mass is 9.91. The van der Waals surface area contributed by atoms with E-state index in [2.05, 4.69) is 27.7 Å². The van der Waals surface area contributed by atoms with Gasteiger partial charge in [0.1, 0.15) is 12.2 Å². The molecule has 1 heterocycles. The van der Waals surface area contributed by atoms with Crippen molar-refractivity contribution in [2.24, 2.45) is 23.7 Å². The van der Waals surface area contributed by atoms with E-state index in [4.69, 9.17) is 18.9 Å². The molecule has 1 saturated heterocycles. The summed E-state index contributed by atoms with van der Waals surface area (Å²) in [5, 5.41) is 19.6. The standard InChI is InChI=1S/C66H132O6/c1-61-45-37-29-21-13-5-9-17-25-33-41-53-69-59-65(57-67)72-56-44-36-28-20-12-8-16-24-32-40-48-64(4)52-50-62(2)46-38-30-22-14-6-10-18-26-34-42-54-70-60-66(58-68)71-55-43-35-27-19-11-7-15-23-31-39-47-63(3)51-49-61/h61-68H,5-60H2,1-4H3/t61-,62-,63-,64-,65+,66+/m0/s1. The maximum absolute atomic E-state index is 9.78. The molecule has 0 aliphatic carbocycles. The molecule has 1 aliphatic heterocycles. The van der Waals surface area contributed by atoms with E-state index >= 15 is 0 Å². The molecule has 1 rings (SSSR count). The van der Waals surface area contributed by atoms with E-state index < -0.39 is 0 Å². The van der Waals surface area contributed by atoms with E-state index in [1.54, 1.807) is 0 Å². The highest BCUT2D eigenvalue weighted by molar-refractivity contribution is 4.63. The fraction of sp³-hybridized carbons (Fsp3) is 1.00. The Morgan fingerprint density at radius 3 is 0.625 bits per heavy atom. The summed E-state index contributed by atoms with van der Waals surface area (Å²) in [4.78, 5) is 0. The molecule has 0 spiro atoms. The number of hydrogen-bond donors (Lipinski definition) is 2. The summed E-state index contributed by atoms with van der Waals surface area (Å²) in [7, 11) is 0. The van der Waals surface area contributed by atoms with Gasteiger partial charge in [-0.15, -0.1) is 0 Å². The zero-order valence-electron chi connectivity index (χ0n) is 49.6. The summed E-state index contributed by atoms with van der Waals surface area (Å²) >= 11 is 0. The molecule has 0 aromatic rings. The van der Waals surface area contributed by atoms with Crippen molar-refractivity contribution < 1.29 is 29.2 Å². The first kappa shape index (κ1) is 69.8. The second-order valence-corrected chi connectivity index (χ2v) is 24.4. The van der Waals surface area contributed by atoms with Crippen molar-refractivity contribution in [2.45, 2.75) is 348 Å². The molecule has 0 amide bonds. The zero-order chi connectivity index (χ0) is 51.9. The quantitative estimate of drug-likeness (QED) is 0.287. The maximum Gasteiger partial charge on any atom is 0.104 e. The average Bonchev–Trinajstić information content (AvgIpc) is 3.38.